The number of hydrogen-bond donors (Lipinski definition) is 1. The minimum absolute atomic E-state index is 0.0397. The Morgan fingerprint density at radius 1 is 1.11 bits per heavy atom. The molecule has 0 unspecified atom stereocenters. The zero-order chi connectivity index (χ0) is 19.3. The molecule has 1 saturated carbocycles. The van der Waals surface area contributed by atoms with Gasteiger partial charge in [-0.05, 0) is 61.6 Å². The molecular weight excluding hydrogens is 354 g/mol. The van der Waals surface area contributed by atoms with Gasteiger partial charge in [0.2, 0.25) is 0 Å². The molecular formula is C22H27N3O3. The van der Waals surface area contributed by atoms with Gasteiger partial charge in [0.25, 0.3) is 5.91 Å². The third-order valence-corrected chi connectivity index (χ3v) is 5.32. The SMILES string of the molecule is COc1ccc(C(=O)NC2CC2)cc1OC1CCN(Cc2ccncc2)CC1. The predicted molar refractivity (Wildman–Crippen MR) is 107 cm³/mol. The van der Waals surface area contributed by atoms with E-state index in [0.717, 1.165) is 45.3 Å². The summed E-state index contributed by atoms with van der Waals surface area (Å²) in [5.41, 5.74) is 1.91. The van der Waals surface area contributed by atoms with E-state index in [0.29, 0.717) is 23.1 Å². The van der Waals surface area contributed by atoms with Crippen LogP contribution >= 0.6 is 0 Å². The number of aromatic nitrogens is 1. The van der Waals surface area contributed by atoms with Gasteiger partial charge in [-0.1, -0.05) is 0 Å². The summed E-state index contributed by atoms with van der Waals surface area (Å²) in [5.74, 6) is 1.28. The maximum Gasteiger partial charge on any atom is 0.251 e. The van der Waals surface area contributed by atoms with Crippen molar-refractivity contribution in [2.24, 2.45) is 0 Å². The molecule has 4 rings (SSSR count). The van der Waals surface area contributed by atoms with E-state index in [1.807, 2.05) is 18.5 Å². The van der Waals surface area contributed by atoms with Crippen LogP contribution in [0.5, 0.6) is 11.5 Å². The Hall–Kier alpha value is -2.60. The normalized spacial score (nSPS) is 17.9. The number of rotatable bonds is 7. The van der Waals surface area contributed by atoms with Crippen molar-refractivity contribution < 1.29 is 14.3 Å². The molecule has 0 atom stereocenters. The fourth-order valence-corrected chi connectivity index (χ4v) is 3.52. The first-order valence-corrected chi connectivity index (χ1v) is 9.98. The van der Waals surface area contributed by atoms with Crippen LogP contribution in [0.2, 0.25) is 0 Å². The number of nitrogens with one attached hydrogen (secondary N) is 1. The summed E-state index contributed by atoms with van der Waals surface area (Å²) in [4.78, 5) is 18.8. The fourth-order valence-electron chi connectivity index (χ4n) is 3.52. The molecule has 28 heavy (non-hydrogen) atoms. The molecule has 2 heterocycles. The van der Waals surface area contributed by atoms with Crippen LogP contribution in [-0.2, 0) is 6.54 Å². The molecule has 0 radical (unpaired) electrons. The minimum atomic E-state index is -0.0397. The molecule has 2 aromatic rings. The summed E-state index contributed by atoms with van der Waals surface area (Å²) in [6.07, 6.45) is 7.85. The summed E-state index contributed by atoms with van der Waals surface area (Å²) in [5, 5.41) is 3.02. The number of piperidine rings is 1. The van der Waals surface area contributed by atoms with E-state index < -0.39 is 0 Å². The number of likely N-dealkylation sites (tertiary alicyclic amines) is 1. The van der Waals surface area contributed by atoms with Gasteiger partial charge in [0.05, 0.1) is 7.11 Å². The monoisotopic (exact) mass is 381 g/mol. The first kappa shape index (κ1) is 18.7. The highest BCUT2D eigenvalue weighted by molar-refractivity contribution is 5.95. The van der Waals surface area contributed by atoms with Gasteiger partial charge in [-0.2, -0.15) is 0 Å². The lowest BCUT2D eigenvalue weighted by Gasteiger charge is -2.32. The van der Waals surface area contributed by atoms with E-state index >= 15 is 0 Å². The fraction of sp³-hybridized carbons (Fsp3) is 0.455. The van der Waals surface area contributed by atoms with Crippen LogP contribution < -0.4 is 14.8 Å². The van der Waals surface area contributed by atoms with Crippen LogP contribution in [0, 0.1) is 0 Å². The lowest BCUT2D eigenvalue weighted by Crippen LogP contribution is -2.37. The Balaban J connectivity index is 1.35. The molecule has 1 aliphatic heterocycles. The van der Waals surface area contributed by atoms with Gasteiger partial charge < -0.3 is 14.8 Å². The number of carbonyl (C=O) groups excluding carboxylic acids is 1. The third-order valence-electron chi connectivity index (χ3n) is 5.32. The summed E-state index contributed by atoms with van der Waals surface area (Å²) in [7, 11) is 1.63. The maximum atomic E-state index is 12.3. The van der Waals surface area contributed by atoms with Crippen molar-refractivity contribution in [1.29, 1.82) is 0 Å². The number of pyridine rings is 1. The molecule has 1 aromatic carbocycles. The molecule has 1 aliphatic carbocycles. The van der Waals surface area contributed by atoms with E-state index in [2.05, 4.69) is 27.3 Å². The molecule has 1 saturated heterocycles. The average Bonchev–Trinajstić information content (AvgIpc) is 3.54. The summed E-state index contributed by atoms with van der Waals surface area (Å²) in [6, 6.07) is 9.87. The Kier molecular flexibility index (Phi) is 5.76. The van der Waals surface area contributed by atoms with Gasteiger partial charge in [0.15, 0.2) is 11.5 Å². The minimum Gasteiger partial charge on any atom is -0.493 e. The van der Waals surface area contributed by atoms with E-state index in [4.69, 9.17) is 9.47 Å². The smallest absolute Gasteiger partial charge is 0.251 e. The molecule has 6 heteroatoms. The number of benzene rings is 1. The van der Waals surface area contributed by atoms with Crippen LogP contribution in [0.15, 0.2) is 42.7 Å². The van der Waals surface area contributed by atoms with Gasteiger partial charge in [0.1, 0.15) is 6.10 Å². The third kappa shape index (κ3) is 4.81. The largest absolute Gasteiger partial charge is 0.493 e. The zero-order valence-corrected chi connectivity index (χ0v) is 16.3. The van der Waals surface area contributed by atoms with Crippen LogP contribution in [0.3, 0.4) is 0 Å². The van der Waals surface area contributed by atoms with E-state index in [1.54, 1.807) is 19.2 Å². The van der Waals surface area contributed by atoms with Crippen molar-refractivity contribution >= 4 is 5.91 Å². The Bertz CT molecular complexity index is 800. The molecule has 0 spiro atoms. The Labute approximate surface area is 165 Å². The number of nitrogens with zero attached hydrogens (tertiary/aromatic N) is 2. The molecule has 1 N–H and O–H groups in total. The van der Waals surface area contributed by atoms with Crippen LogP contribution in [0.25, 0.3) is 0 Å². The lowest BCUT2D eigenvalue weighted by atomic mass is 10.1. The first-order chi connectivity index (χ1) is 13.7. The van der Waals surface area contributed by atoms with E-state index in [9.17, 15) is 4.79 Å². The Morgan fingerprint density at radius 3 is 2.54 bits per heavy atom. The van der Waals surface area contributed by atoms with Gasteiger partial charge in [-0.3, -0.25) is 14.7 Å². The van der Waals surface area contributed by atoms with Crippen LogP contribution in [-0.4, -0.2) is 48.1 Å². The maximum absolute atomic E-state index is 12.3. The van der Waals surface area contributed by atoms with Crippen molar-refractivity contribution in [3.8, 4) is 11.5 Å². The molecule has 2 fully saturated rings. The van der Waals surface area contributed by atoms with E-state index in [1.165, 1.54) is 5.56 Å². The second-order valence-corrected chi connectivity index (χ2v) is 7.56. The molecule has 1 aromatic heterocycles. The zero-order valence-electron chi connectivity index (χ0n) is 16.3. The van der Waals surface area contributed by atoms with Crippen LogP contribution in [0.4, 0.5) is 0 Å². The highest BCUT2D eigenvalue weighted by atomic mass is 16.5. The molecule has 0 bridgehead atoms. The van der Waals surface area contributed by atoms with Crippen molar-refractivity contribution in [3.63, 3.8) is 0 Å². The standard InChI is InChI=1S/C22H27N3O3/c1-27-20-5-2-17(22(26)24-18-3-4-18)14-21(20)28-19-8-12-25(13-9-19)15-16-6-10-23-11-7-16/h2,5-7,10-11,14,18-19H,3-4,8-9,12-13,15H2,1H3,(H,24,26). The number of amides is 1. The molecule has 148 valence electrons. The highest BCUT2D eigenvalue weighted by Gasteiger charge is 2.25. The topological polar surface area (TPSA) is 63.7 Å². The van der Waals surface area contributed by atoms with Gasteiger partial charge in [-0.25, -0.2) is 0 Å². The predicted octanol–water partition coefficient (Wildman–Crippen LogP) is 3.03. The van der Waals surface area contributed by atoms with E-state index in [-0.39, 0.29) is 12.0 Å². The van der Waals surface area contributed by atoms with Crippen molar-refractivity contribution in [1.82, 2.24) is 15.2 Å². The first-order valence-electron chi connectivity index (χ1n) is 9.98. The second kappa shape index (κ2) is 8.61. The van der Waals surface area contributed by atoms with Crippen molar-refractivity contribution in [2.45, 2.75) is 44.4 Å². The summed E-state index contributed by atoms with van der Waals surface area (Å²) >= 11 is 0. The van der Waals surface area contributed by atoms with Crippen molar-refractivity contribution in [3.05, 3.63) is 53.9 Å². The quantitative estimate of drug-likeness (QED) is 0.799. The van der Waals surface area contributed by atoms with Gasteiger partial charge in [-0.15, -0.1) is 0 Å². The molecule has 1 amide bonds. The van der Waals surface area contributed by atoms with Gasteiger partial charge in [0, 0.05) is 43.6 Å². The van der Waals surface area contributed by atoms with Gasteiger partial charge >= 0.3 is 0 Å². The summed E-state index contributed by atoms with van der Waals surface area (Å²) < 4.78 is 11.7. The molecule has 2 aliphatic rings. The Morgan fingerprint density at radius 2 is 1.86 bits per heavy atom. The molecule has 6 nitrogen and oxygen atoms in total. The lowest BCUT2D eigenvalue weighted by molar-refractivity contribution is 0.0923. The number of ether oxygens (including phenoxy) is 2. The van der Waals surface area contributed by atoms with Crippen LogP contribution in [0.1, 0.15) is 41.6 Å². The number of hydrogen-bond acceptors (Lipinski definition) is 5. The second-order valence-electron chi connectivity index (χ2n) is 7.56. The summed E-state index contributed by atoms with van der Waals surface area (Å²) in [6.45, 7) is 2.91. The number of methoxy groups -OCH3 is 1. The van der Waals surface area contributed by atoms with Crippen molar-refractivity contribution in [2.75, 3.05) is 20.2 Å². The number of carbonyl (C=O) groups is 1. The highest BCUT2D eigenvalue weighted by Crippen LogP contribution is 2.31. The average molecular weight is 381 g/mol.